The molecule has 1 amide bonds. The Morgan fingerprint density at radius 1 is 1.47 bits per heavy atom. The maximum Gasteiger partial charge on any atom is 0.254 e. The Morgan fingerprint density at radius 2 is 2.16 bits per heavy atom. The highest BCUT2D eigenvalue weighted by Crippen LogP contribution is 2.24. The van der Waals surface area contributed by atoms with E-state index in [2.05, 4.69) is 5.32 Å². The predicted molar refractivity (Wildman–Crippen MR) is 66.8 cm³/mol. The number of hydrogen-bond donors (Lipinski definition) is 2. The molecule has 0 fully saturated rings. The number of nitriles is 1. The van der Waals surface area contributed by atoms with Crippen LogP contribution in [0, 0.1) is 17.1 Å². The molecule has 0 heterocycles. The first-order valence-corrected chi connectivity index (χ1v) is 5.88. The van der Waals surface area contributed by atoms with Crippen molar-refractivity contribution in [2.75, 3.05) is 6.61 Å². The van der Waals surface area contributed by atoms with Gasteiger partial charge < -0.3 is 10.4 Å². The maximum atomic E-state index is 13.7. The Hall–Kier alpha value is -2.19. The van der Waals surface area contributed by atoms with Crippen LogP contribution in [-0.2, 0) is 0 Å². The lowest BCUT2D eigenvalue weighted by Crippen LogP contribution is -2.49. The highest BCUT2D eigenvalue weighted by Gasteiger charge is 2.32. The number of aliphatic hydroxyl groups excluding tert-OH is 1. The van der Waals surface area contributed by atoms with Gasteiger partial charge in [-0.2, -0.15) is 5.26 Å². The summed E-state index contributed by atoms with van der Waals surface area (Å²) in [5.74, 6) is -1.32. The third-order valence-corrected chi connectivity index (χ3v) is 3.21. The van der Waals surface area contributed by atoms with Gasteiger partial charge in [-0.1, -0.05) is 12.2 Å². The summed E-state index contributed by atoms with van der Waals surface area (Å²) >= 11 is 0. The summed E-state index contributed by atoms with van der Waals surface area (Å²) in [6.07, 6.45) is 4.78. The maximum absolute atomic E-state index is 13.7. The van der Waals surface area contributed by atoms with Crippen LogP contribution < -0.4 is 5.32 Å². The van der Waals surface area contributed by atoms with E-state index in [4.69, 9.17) is 5.26 Å². The van der Waals surface area contributed by atoms with E-state index < -0.39 is 17.3 Å². The van der Waals surface area contributed by atoms with Crippen LogP contribution in [0.25, 0.3) is 0 Å². The molecule has 0 bridgehead atoms. The lowest BCUT2D eigenvalue weighted by molar-refractivity contribution is 0.0841. The van der Waals surface area contributed by atoms with Gasteiger partial charge in [0, 0.05) is 0 Å². The highest BCUT2D eigenvalue weighted by atomic mass is 19.1. The molecule has 2 N–H and O–H groups in total. The Morgan fingerprint density at radius 3 is 2.68 bits per heavy atom. The number of benzene rings is 1. The van der Waals surface area contributed by atoms with E-state index in [0.29, 0.717) is 12.8 Å². The van der Waals surface area contributed by atoms with Gasteiger partial charge in [0.25, 0.3) is 5.91 Å². The SMILES string of the molecule is N#Cc1ccc(C(=O)NC2(CO)CC=CC2)c(F)c1. The molecular formula is C14H13FN2O2. The van der Waals surface area contributed by atoms with Crippen molar-refractivity contribution in [3.63, 3.8) is 0 Å². The van der Waals surface area contributed by atoms with Gasteiger partial charge in [0.2, 0.25) is 0 Å². The zero-order chi connectivity index (χ0) is 13.9. The lowest BCUT2D eigenvalue weighted by atomic mass is 9.97. The number of halogens is 1. The minimum absolute atomic E-state index is 0.126. The summed E-state index contributed by atoms with van der Waals surface area (Å²) in [6, 6.07) is 5.49. The monoisotopic (exact) mass is 260 g/mol. The van der Waals surface area contributed by atoms with Crippen molar-refractivity contribution in [2.24, 2.45) is 0 Å². The summed E-state index contributed by atoms with van der Waals surface area (Å²) in [5.41, 5.74) is -0.704. The number of nitrogens with zero attached hydrogens (tertiary/aromatic N) is 1. The summed E-state index contributed by atoms with van der Waals surface area (Å²) < 4.78 is 13.7. The Labute approximate surface area is 110 Å². The predicted octanol–water partition coefficient (Wildman–Crippen LogP) is 1.51. The summed E-state index contributed by atoms with van der Waals surface area (Å²) in [6.45, 7) is -0.205. The van der Waals surface area contributed by atoms with Crippen molar-refractivity contribution in [3.8, 4) is 6.07 Å². The van der Waals surface area contributed by atoms with Crippen molar-refractivity contribution in [1.82, 2.24) is 5.32 Å². The zero-order valence-electron chi connectivity index (χ0n) is 10.2. The van der Waals surface area contributed by atoms with Gasteiger partial charge >= 0.3 is 0 Å². The third kappa shape index (κ3) is 2.64. The molecule has 0 unspecified atom stereocenters. The van der Waals surface area contributed by atoms with Gasteiger partial charge in [-0.05, 0) is 31.0 Å². The molecule has 0 spiro atoms. The molecule has 1 aromatic carbocycles. The second kappa shape index (κ2) is 5.21. The molecule has 0 saturated heterocycles. The fraction of sp³-hybridized carbons (Fsp3) is 0.286. The average molecular weight is 260 g/mol. The number of rotatable bonds is 3. The standard InChI is InChI=1S/C14H13FN2O2/c15-12-7-10(8-16)3-4-11(12)13(19)17-14(9-18)5-1-2-6-14/h1-4,7,18H,5-6,9H2,(H,17,19). The van der Waals surface area contributed by atoms with E-state index >= 15 is 0 Å². The molecular weight excluding hydrogens is 247 g/mol. The van der Waals surface area contributed by atoms with Crippen molar-refractivity contribution in [2.45, 2.75) is 18.4 Å². The normalized spacial score (nSPS) is 16.1. The van der Waals surface area contributed by atoms with Crippen molar-refractivity contribution in [1.29, 1.82) is 5.26 Å². The van der Waals surface area contributed by atoms with Crippen LogP contribution in [0.5, 0.6) is 0 Å². The molecule has 0 atom stereocenters. The molecule has 0 aliphatic heterocycles. The van der Waals surface area contributed by atoms with E-state index in [1.807, 2.05) is 12.2 Å². The average Bonchev–Trinajstić information content (AvgIpc) is 2.87. The number of aliphatic hydroxyl groups is 1. The van der Waals surface area contributed by atoms with Gasteiger partial charge in [-0.15, -0.1) is 0 Å². The van der Waals surface area contributed by atoms with E-state index in [9.17, 15) is 14.3 Å². The Kier molecular flexibility index (Phi) is 3.63. The summed E-state index contributed by atoms with van der Waals surface area (Å²) in [4.78, 5) is 12.0. The van der Waals surface area contributed by atoms with Gasteiger partial charge in [-0.3, -0.25) is 4.79 Å². The first-order valence-electron chi connectivity index (χ1n) is 5.88. The number of carbonyl (C=O) groups excluding carboxylic acids is 1. The van der Waals surface area contributed by atoms with E-state index in [0.717, 1.165) is 6.07 Å². The molecule has 19 heavy (non-hydrogen) atoms. The first-order chi connectivity index (χ1) is 9.10. The fourth-order valence-corrected chi connectivity index (χ4v) is 2.05. The molecule has 4 nitrogen and oxygen atoms in total. The van der Waals surface area contributed by atoms with Crippen LogP contribution in [-0.4, -0.2) is 23.2 Å². The minimum Gasteiger partial charge on any atom is -0.394 e. The second-order valence-corrected chi connectivity index (χ2v) is 4.58. The largest absolute Gasteiger partial charge is 0.394 e. The number of amides is 1. The fourth-order valence-electron chi connectivity index (χ4n) is 2.05. The molecule has 0 radical (unpaired) electrons. The van der Waals surface area contributed by atoms with Crippen LogP contribution in [0.4, 0.5) is 4.39 Å². The number of carbonyl (C=O) groups is 1. The molecule has 1 aliphatic rings. The van der Waals surface area contributed by atoms with E-state index in [1.54, 1.807) is 6.07 Å². The summed E-state index contributed by atoms with van der Waals surface area (Å²) in [7, 11) is 0. The quantitative estimate of drug-likeness (QED) is 0.809. The zero-order valence-corrected chi connectivity index (χ0v) is 10.2. The molecule has 0 aromatic heterocycles. The minimum atomic E-state index is -0.740. The van der Waals surface area contributed by atoms with Crippen LogP contribution in [0.2, 0.25) is 0 Å². The second-order valence-electron chi connectivity index (χ2n) is 4.58. The molecule has 2 rings (SSSR count). The first kappa shape index (κ1) is 13.2. The number of nitrogens with one attached hydrogen (secondary N) is 1. The van der Waals surface area contributed by atoms with Gasteiger partial charge in [0.1, 0.15) is 5.82 Å². The number of hydrogen-bond acceptors (Lipinski definition) is 3. The molecule has 1 aromatic rings. The highest BCUT2D eigenvalue weighted by molar-refractivity contribution is 5.95. The van der Waals surface area contributed by atoms with Crippen LogP contribution in [0.15, 0.2) is 30.4 Å². The van der Waals surface area contributed by atoms with Crippen molar-refractivity contribution < 1.29 is 14.3 Å². The Balaban J connectivity index is 2.19. The molecule has 5 heteroatoms. The van der Waals surface area contributed by atoms with Crippen LogP contribution in [0.1, 0.15) is 28.8 Å². The molecule has 0 saturated carbocycles. The van der Waals surface area contributed by atoms with Crippen molar-refractivity contribution in [3.05, 3.63) is 47.3 Å². The third-order valence-electron chi connectivity index (χ3n) is 3.21. The molecule has 1 aliphatic carbocycles. The van der Waals surface area contributed by atoms with Gasteiger partial charge in [0.15, 0.2) is 0 Å². The van der Waals surface area contributed by atoms with E-state index in [-0.39, 0.29) is 17.7 Å². The van der Waals surface area contributed by atoms with Gasteiger partial charge in [0.05, 0.1) is 29.3 Å². The van der Waals surface area contributed by atoms with Crippen LogP contribution >= 0.6 is 0 Å². The topological polar surface area (TPSA) is 73.1 Å². The van der Waals surface area contributed by atoms with Crippen molar-refractivity contribution >= 4 is 5.91 Å². The summed E-state index contributed by atoms with van der Waals surface area (Å²) in [5, 5.41) is 20.7. The van der Waals surface area contributed by atoms with Crippen LogP contribution in [0.3, 0.4) is 0 Å². The van der Waals surface area contributed by atoms with Gasteiger partial charge in [-0.25, -0.2) is 4.39 Å². The molecule has 98 valence electrons. The Bertz CT molecular complexity index is 567. The smallest absolute Gasteiger partial charge is 0.254 e. The lowest BCUT2D eigenvalue weighted by Gasteiger charge is -2.28. The van der Waals surface area contributed by atoms with E-state index in [1.165, 1.54) is 12.1 Å².